The fourth-order valence-corrected chi connectivity index (χ4v) is 10.7. The first-order valence-corrected chi connectivity index (χ1v) is 19.7. The molecule has 2 aromatic carbocycles. The van der Waals surface area contributed by atoms with E-state index in [0.29, 0.717) is 62.0 Å². The van der Waals surface area contributed by atoms with Crippen LogP contribution >= 0.6 is 22.9 Å². The summed E-state index contributed by atoms with van der Waals surface area (Å²) in [5, 5.41) is 14.9. The van der Waals surface area contributed by atoms with Gasteiger partial charge >= 0.3 is 12.0 Å². The Balaban J connectivity index is 1.13. The van der Waals surface area contributed by atoms with Crippen LogP contribution in [0.15, 0.2) is 18.2 Å². The Kier molecular flexibility index (Phi) is 8.63. The summed E-state index contributed by atoms with van der Waals surface area (Å²) in [5.41, 5.74) is 5.49. The monoisotopic (exact) mass is 790 g/mol. The number of aromatic nitrogens is 5. The second kappa shape index (κ2) is 13.2. The largest absolute Gasteiger partial charge is 0.461 e. The molecule has 12 nitrogen and oxygen atoms in total. The lowest BCUT2D eigenvalue weighted by Gasteiger charge is -2.51. The van der Waals surface area contributed by atoms with Crippen molar-refractivity contribution < 1.29 is 22.7 Å². The number of ether oxygens (including phenoxy) is 1. The third kappa shape index (κ3) is 5.85. The number of carbonyl (C=O) groups excluding carboxylic acids is 1. The number of amides is 1. The third-order valence-corrected chi connectivity index (χ3v) is 13.2. The van der Waals surface area contributed by atoms with Gasteiger partial charge in [0.1, 0.15) is 52.6 Å². The van der Waals surface area contributed by atoms with Crippen molar-refractivity contribution in [3.05, 3.63) is 52.1 Å². The number of aryl methyl sites for hydroxylation is 2. The number of anilines is 2. The standard InChI is InChI=1S/C38H38ClF3N10O2S/c1-20-45-21(2)52(48-20)36(53)50-17-37(18-50)8-3-4-10-49(16-37)34-24-12-26(39)29(23-6-7-27(41)32-28(23)25(14-43)33(44)55-32)30(42)31(24)46-35(47-34)54-19-38-9-5-11-51(38)15-22(40)13-38/h6-7,12,22H,3-5,8-11,13,15-19,44H2,1-2H3/t22-,38+/m1/s1. The van der Waals surface area contributed by atoms with E-state index in [9.17, 15) is 14.4 Å². The van der Waals surface area contributed by atoms with Crippen LogP contribution < -0.4 is 15.4 Å². The highest BCUT2D eigenvalue weighted by atomic mass is 35.5. The summed E-state index contributed by atoms with van der Waals surface area (Å²) in [4.78, 5) is 33.2. The lowest BCUT2D eigenvalue weighted by atomic mass is 9.76. The van der Waals surface area contributed by atoms with Gasteiger partial charge in [0, 0.05) is 60.9 Å². The van der Waals surface area contributed by atoms with E-state index in [2.05, 4.69) is 24.9 Å². The molecular formula is C38H38ClF3N10O2S. The number of fused-ring (bicyclic) bond motifs is 3. The SMILES string of the molecule is Cc1nc(C)n(C(=O)N2CC3(CCCCN(c4nc(OC[C@@]56CCCN5C[C@H](F)C6)nc5c(F)c(-c6ccc(F)c7sc(N)c(C#N)c67)c(Cl)cc45)C3)C2)n1. The van der Waals surface area contributed by atoms with E-state index in [1.165, 1.54) is 16.8 Å². The van der Waals surface area contributed by atoms with Crippen molar-refractivity contribution in [3.63, 3.8) is 0 Å². The van der Waals surface area contributed by atoms with Crippen molar-refractivity contribution in [2.24, 2.45) is 5.41 Å². The van der Waals surface area contributed by atoms with Crippen LogP contribution in [0.25, 0.3) is 32.1 Å². The summed E-state index contributed by atoms with van der Waals surface area (Å²) in [6, 6.07) is 5.97. The zero-order valence-electron chi connectivity index (χ0n) is 30.3. The van der Waals surface area contributed by atoms with Gasteiger partial charge in [0.15, 0.2) is 5.82 Å². The molecule has 3 aromatic heterocycles. The number of nitrogens with zero attached hydrogens (tertiary/aromatic N) is 9. The van der Waals surface area contributed by atoms with Crippen molar-refractivity contribution in [2.45, 2.75) is 64.1 Å². The van der Waals surface area contributed by atoms with E-state index in [-0.39, 0.29) is 66.4 Å². The number of nitrogens with two attached hydrogens (primary N) is 1. The quantitative estimate of drug-likeness (QED) is 0.197. The average Bonchev–Trinajstić information content (AvgIpc) is 3.82. The van der Waals surface area contributed by atoms with Crippen molar-refractivity contribution in [1.82, 2.24) is 34.5 Å². The topological polar surface area (TPSA) is 142 Å². The van der Waals surface area contributed by atoms with Gasteiger partial charge in [0.05, 0.1) is 20.8 Å². The Morgan fingerprint density at radius 3 is 2.71 bits per heavy atom. The zero-order valence-corrected chi connectivity index (χ0v) is 31.9. The molecule has 4 saturated heterocycles. The normalized spacial score (nSPS) is 22.3. The predicted molar refractivity (Wildman–Crippen MR) is 203 cm³/mol. The molecule has 1 amide bonds. The molecule has 2 N–H and O–H groups in total. The lowest BCUT2D eigenvalue weighted by molar-refractivity contribution is 0.0313. The summed E-state index contributed by atoms with van der Waals surface area (Å²) in [6.45, 7) is 6.89. The number of thiophene rings is 1. The Morgan fingerprint density at radius 1 is 1.13 bits per heavy atom. The summed E-state index contributed by atoms with van der Waals surface area (Å²) in [5.74, 6) is 0.104. The minimum Gasteiger partial charge on any atom is -0.461 e. The van der Waals surface area contributed by atoms with Gasteiger partial charge in [-0.15, -0.1) is 16.4 Å². The number of nitriles is 1. The number of halogens is 4. The summed E-state index contributed by atoms with van der Waals surface area (Å²) in [6.07, 6.45) is 3.69. The number of rotatable bonds is 5. The van der Waals surface area contributed by atoms with Crippen molar-refractivity contribution in [2.75, 3.05) is 56.5 Å². The van der Waals surface area contributed by atoms with Crippen LogP contribution in [0.1, 0.15) is 55.7 Å². The fraction of sp³-hybridized carbons (Fsp3) is 0.474. The summed E-state index contributed by atoms with van der Waals surface area (Å²) in [7, 11) is 0. The fourth-order valence-electron chi connectivity index (χ4n) is 9.41. The molecular weight excluding hydrogens is 753 g/mol. The van der Waals surface area contributed by atoms with Gasteiger partial charge in [-0.2, -0.15) is 19.9 Å². The molecule has 0 unspecified atom stereocenters. The van der Waals surface area contributed by atoms with Crippen LogP contribution in [0, 0.1) is 42.2 Å². The van der Waals surface area contributed by atoms with E-state index >= 15 is 8.78 Å². The molecule has 4 aliphatic rings. The van der Waals surface area contributed by atoms with Crippen LogP contribution in [0.2, 0.25) is 5.02 Å². The van der Waals surface area contributed by atoms with Gasteiger partial charge in [-0.1, -0.05) is 24.1 Å². The maximum Gasteiger partial charge on any atom is 0.346 e. The van der Waals surface area contributed by atoms with E-state index in [0.717, 1.165) is 50.0 Å². The molecule has 2 atom stereocenters. The molecule has 0 bridgehead atoms. The average molecular weight is 791 g/mol. The van der Waals surface area contributed by atoms with Gasteiger partial charge in [-0.25, -0.2) is 22.9 Å². The second-order valence-corrected chi connectivity index (χ2v) is 17.0. The lowest BCUT2D eigenvalue weighted by Crippen LogP contribution is -2.63. The zero-order chi connectivity index (χ0) is 38.4. The van der Waals surface area contributed by atoms with Gasteiger partial charge in [-0.3, -0.25) is 4.90 Å². The van der Waals surface area contributed by atoms with Gasteiger partial charge in [0.25, 0.3) is 0 Å². The number of nitrogen functional groups attached to an aromatic ring is 1. The van der Waals surface area contributed by atoms with Gasteiger partial charge in [-0.05, 0) is 63.8 Å². The number of alkyl halides is 1. The number of hydrogen-bond donors (Lipinski definition) is 1. The summed E-state index contributed by atoms with van der Waals surface area (Å²) < 4.78 is 54.8. The molecule has 4 fully saturated rings. The summed E-state index contributed by atoms with van der Waals surface area (Å²) >= 11 is 7.88. The molecule has 0 radical (unpaired) electrons. The van der Waals surface area contributed by atoms with E-state index in [4.69, 9.17) is 27.1 Å². The first-order chi connectivity index (χ1) is 26.4. The van der Waals surface area contributed by atoms with Crippen molar-refractivity contribution >= 4 is 60.8 Å². The Bertz CT molecular complexity index is 2440. The van der Waals surface area contributed by atoms with E-state index in [1.807, 2.05) is 6.07 Å². The molecule has 4 aliphatic heterocycles. The van der Waals surface area contributed by atoms with Crippen molar-refractivity contribution in [1.29, 1.82) is 5.26 Å². The molecule has 5 aromatic rings. The van der Waals surface area contributed by atoms with Crippen LogP contribution in [-0.4, -0.2) is 98.1 Å². The highest BCUT2D eigenvalue weighted by Gasteiger charge is 2.50. The number of likely N-dealkylation sites (tertiary alicyclic amines) is 1. The van der Waals surface area contributed by atoms with Crippen LogP contribution in [-0.2, 0) is 0 Å². The van der Waals surface area contributed by atoms with Crippen LogP contribution in [0.4, 0.5) is 28.8 Å². The number of benzene rings is 2. The maximum atomic E-state index is 17.3. The van der Waals surface area contributed by atoms with Crippen molar-refractivity contribution in [3.8, 4) is 23.2 Å². The first-order valence-electron chi connectivity index (χ1n) is 18.5. The molecule has 9 rings (SSSR count). The van der Waals surface area contributed by atoms with Crippen LogP contribution in [0.5, 0.6) is 6.01 Å². The molecule has 286 valence electrons. The van der Waals surface area contributed by atoms with E-state index < -0.39 is 23.3 Å². The van der Waals surface area contributed by atoms with Gasteiger partial charge < -0.3 is 20.3 Å². The molecule has 7 heterocycles. The van der Waals surface area contributed by atoms with Gasteiger partial charge in [0.2, 0.25) is 0 Å². The highest BCUT2D eigenvalue weighted by Crippen LogP contribution is 2.47. The maximum absolute atomic E-state index is 17.3. The van der Waals surface area contributed by atoms with E-state index in [1.54, 1.807) is 24.8 Å². The molecule has 55 heavy (non-hydrogen) atoms. The Hall–Kier alpha value is -4.72. The molecule has 1 spiro atoms. The number of carbonyl (C=O) groups is 1. The minimum absolute atomic E-state index is 0.0222. The Labute approximate surface area is 323 Å². The number of hydrogen-bond acceptors (Lipinski definition) is 11. The molecule has 0 aliphatic carbocycles. The smallest absolute Gasteiger partial charge is 0.346 e. The second-order valence-electron chi connectivity index (χ2n) is 15.5. The third-order valence-electron chi connectivity index (χ3n) is 11.9. The minimum atomic E-state index is -0.962. The first kappa shape index (κ1) is 35.9. The predicted octanol–water partition coefficient (Wildman–Crippen LogP) is 7.02. The Morgan fingerprint density at radius 2 is 1.95 bits per heavy atom. The molecule has 17 heteroatoms. The highest BCUT2D eigenvalue weighted by molar-refractivity contribution is 7.23. The van der Waals surface area contributed by atoms with Crippen LogP contribution in [0.3, 0.4) is 0 Å². The molecule has 0 saturated carbocycles.